The van der Waals surface area contributed by atoms with E-state index in [0.29, 0.717) is 16.0 Å². The monoisotopic (exact) mass is 350 g/mol. The highest BCUT2D eigenvalue weighted by molar-refractivity contribution is 9.10. The lowest BCUT2D eigenvalue weighted by Gasteiger charge is -2.16. The number of nitro benzene ring substituents is 1. The van der Waals surface area contributed by atoms with Crippen LogP contribution in [0.3, 0.4) is 0 Å². The van der Waals surface area contributed by atoms with E-state index >= 15 is 0 Å². The number of rotatable bonds is 5. The summed E-state index contributed by atoms with van der Waals surface area (Å²) < 4.78 is 6.20. The van der Waals surface area contributed by atoms with Gasteiger partial charge < -0.3 is 10.1 Å². The Morgan fingerprint density at radius 1 is 1.19 bits per heavy atom. The molecule has 21 heavy (non-hydrogen) atoms. The normalized spacial score (nSPS) is 12.0. The van der Waals surface area contributed by atoms with E-state index in [0.717, 1.165) is 5.56 Å². The van der Waals surface area contributed by atoms with Crippen LogP contribution < -0.4 is 10.1 Å². The minimum Gasteiger partial charge on any atom is -0.456 e. The highest BCUT2D eigenvalue weighted by Crippen LogP contribution is 2.38. The topological polar surface area (TPSA) is 64.4 Å². The quantitative estimate of drug-likeness (QED) is 0.639. The molecule has 0 aliphatic rings. The van der Waals surface area contributed by atoms with Gasteiger partial charge in [-0.05, 0) is 42.0 Å². The molecular formula is C15H15BrN2O3. The lowest BCUT2D eigenvalue weighted by Crippen LogP contribution is -2.13. The van der Waals surface area contributed by atoms with Crippen LogP contribution in [0.25, 0.3) is 0 Å². The Morgan fingerprint density at radius 3 is 2.52 bits per heavy atom. The van der Waals surface area contributed by atoms with Crippen molar-refractivity contribution < 1.29 is 9.66 Å². The predicted molar refractivity (Wildman–Crippen MR) is 84.8 cm³/mol. The second kappa shape index (κ2) is 6.69. The molecule has 0 radical (unpaired) electrons. The zero-order chi connectivity index (χ0) is 15.4. The Kier molecular flexibility index (Phi) is 4.93. The summed E-state index contributed by atoms with van der Waals surface area (Å²) in [6.45, 7) is 2.02. The molecule has 0 saturated carbocycles. The number of nitrogens with zero attached hydrogens (tertiary/aromatic N) is 1. The van der Waals surface area contributed by atoms with Crippen LogP contribution in [0.15, 0.2) is 46.9 Å². The van der Waals surface area contributed by atoms with Gasteiger partial charge in [0.05, 0.1) is 4.92 Å². The number of nitro groups is 1. The van der Waals surface area contributed by atoms with Gasteiger partial charge in [-0.2, -0.15) is 0 Å². The zero-order valence-corrected chi connectivity index (χ0v) is 13.3. The van der Waals surface area contributed by atoms with Gasteiger partial charge in [0.15, 0.2) is 0 Å². The van der Waals surface area contributed by atoms with Gasteiger partial charge in [-0.1, -0.05) is 24.3 Å². The number of halogens is 1. The van der Waals surface area contributed by atoms with Gasteiger partial charge >= 0.3 is 0 Å². The molecule has 0 saturated heterocycles. The van der Waals surface area contributed by atoms with Crippen molar-refractivity contribution in [1.82, 2.24) is 5.32 Å². The smallest absolute Gasteiger partial charge is 0.287 e. The molecule has 1 unspecified atom stereocenters. The third-order valence-corrected chi connectivity index (χ3v) is 3.98. The summed E-state index contributed by atoms with van der Waals surface area (Å²) >= 11 is 3.24. The van der Waals surface area contributed by atoms with Crippen LogP contribution in [-0.4, -0.2) is 12.0 Å². The number of hydrogen-bond donors (Lipinski definition) is 1. The second-order valence-corrected chi connectivity index (χ2v) is 5.29. The number of benzene rings is 2. The van der Waals surface area contributed by atoms with Crippen LogP contribution >= 0.6 is 15.9 Å². The van der Waals surface area contributed by atoms with Crippen LogP contribution in [0.1, 0.15) is 18.5 Å². The number of ether oxygens (including phenoxy) is 1. The summed E-state index contributed by atoms with van der Waals surface area (Å²) in [5.74, 6) is 1.08. The molecule has 2 rings (SSSR count). The lowest BCUT2D eigenvalue weighted by molar-refractivity contribution is -0.385. The summed E-state index contributed by atoms with van der Waals surface area (Å²) in [5, 5.41) is 14.1. The van der Waals surface area contributed by atoms with E-state index in [1.807, 2.05) is 38.2 Å². The van der Waals surface area contributed by atoms with E-state index in [-0.39, 0.29) is 11.7 Å². The summed E-state index contributed by atoms with van der Waals surface area (Å²) in [5.41, 5.74) is 0.963. The molecule has 0 heterocycles. The zero-order valence-electron chi connectivity index (χ0n) is 11.7. The van der Waals surface area contributed by atoms with Crippen molar-refractivity contribution >= 4 is 21.6 Å². The second-order valence-electron chi connectivity index (χ2n) is 4.50. The van der Waals surface area contributed by atoms with Crippen LogP contribution in [0.4, 0.5) is 5.69 Å². The average Bonchev–Trinajstić information content (AvgIpc) is 2.49. The molecule has 0 aliphatic heterocycles. The highest BCUT2D eigenvalue weighted by Gasteiger charge is 2.18. The Labute approximate surface area is 131 Å². The largest absolute Gasteiger partial charge is 0.456 e. The molecule has 0 aliphatic carbocycles. The lowest BCUT2D eigenvalue weighted by atomic mass is 10.1. The first kappa shape index (κ1) is 15.5. The molecule has 0 bridgehead atoms. The maximum Gasteiger partial charge on any atom is 0.287 e. The minimum absolute atomic E-state index is 0.0216. The van der Waals surface area contributed by atoms with E-state index in [2.05, 4.69) is 21.2 Å². The molecule has 5 nitrogen and oxygen atoms in total. The van der Waals surface area contributed by atoms with Crippen molar-refractivity contribution in [1.29, 1.82) is 0 Å². The maximum atomic E-state index is 11.0. The summed E-state index contributed by atoms with van der Waals surface area (Å²) in [4.78, 5) is 10.5. The minimum atomic E-state index is -0.445. The first-order valence-electron chi connectivity index (χ1n) is 6.41. The van der Waals surface area contributed by atoms with Crippen molar-refractivity contribution in [3.63, 3.8) is 0 Å². The predicted octanol–water partition coefficient (Wildman–Crippen LogP) is 4.43. The summed E-state index contributed by atoms with van der Waals surface area (Å²) in [7, 11) is 1.87. The van der Waals surface area contributed by atoms with E-state index < -0.39 is 4.92 Å². The van der Waals surface area contributed by atoms with E-state index in [4.69, 9.17) is 4.74 Å². The van der Waals surface area contributed by atoms with Gasteiger partial charge in [-0.15, -0.1) is 0 Å². The maximum absolute atomic E-state index is 11.0. The van der Waals surface area contributed by atoms with Crippen molar-refractivity contribution in [3.8, 4) is 11.5 Å². The van der Waals surface area contributed by atoms with Crippen LogP contribution in [0.2, 0.25) is 0 Å². The molecule has 0 spiro atoms. The molecule has 2 aromatic rings. The fourth-order valence-electron chi connectivity index (χ4n) is 1.92. The van der Waals surface area contributed by atoms with Gasteiger partial charge in [-0.3, -0.25) is 10.1 Å². The molecule has 1 N–H and O–H groups in total. The van der Waals surface area contributed by atoms with E-state index in [1.54, 1.807) is 12.1 Å². The molecule has 2 aromatic carbocycles. The fourth-order valence-corrected chi connectivity index (χ4v) is 2.41. The first-order chi connectivity index (χ1) is 10.0. The average molecular weight is 351 g/mol. The molecular weight excluding hydrogens is 336 g/mol. The van der Waals surface area contributed by atoms with Crippen LogP contribution in [-0.2, 0) is 0 Å². The summed E-state index contributed by atoms with van der Waals surface area (Å²) in [6.07, 6.45) is 0. The van der Waals surface area contributed by atoms with Gasteiger partial charge in [0.1, 0.15) is 16.0 Å². The SMILES string of the molecule is CNC(C)c1ccccc1Oc1cccc([N+](=O)[O-])c1Br. The Morgan fingerprint density at radius 2 is 1.86 bits per heavy atom. The van der Waals surface area contributed by atoms with Gasteiger partial charge in [0.2, 0.25) is 0 Å². The van der Waals surface area contributed by atoms with Gasteiger partial charge in [0, 0.05) is 17.7 Å². The van der Waals surface area contributed by atoms with E-state index in [1.165, 1.54) is 6.07 Å². The van der Waals surface area contributed by atoms with Gasteiger partial charge in [-0.25, -0.2) is 0 Å². The number of nitrogens with one attached hydrogen (secondary N) is 1. The van der Waals surface area contributed by atoms with Crippen molar-refractivity contribution in [2.45, 2.75) is 13.0 Å². The van der Waals surface area contributed by atoms with Crippen LogP contribution in [0.5, 0.6) is 11.5 Å². The molecule has 1 atom stereocenters. The van der Waals surface area contributed by atoms with E-state index in [9.17, 15) is 10.1 Å². The molecule has 0 fully saturated rings. The molecule has 0 aromatic heterocycles. The molecule has 0 amide bonds. The summed E-state index contributed by atoms with van der Waals surface area (Å²) in [6, 6.07) is 12.4. The van der Waals surface area contributed by atoms with Crippen molar-refractivity contribution in [3.05, 3.63) is 62.6 Å². The first-order valence-corrected chi connectivity index (χ1v) is 7.21. The highest BCUT2D eigenvalue weighted by atomic mass is 79.9. The Hall–Kier alpha value is -1.92. The van der Waals surface area contributed by atoms with Gasteiger partial charge in [0.25, 0.3) is 5.69 Å². The molecule has 110 valence electrons. The third-order valence-electron chi connectivity index (χ3n) is 3.18. The number of hydrogen-bond acceptors (Lipinski definition) is 4. The van der Waals surface area contributed by atoms with Crippen molar-refractivity contribution in [2.24, 2.45) is 0 Å². The fraction of sp³-hybridized carbons (Fsp3) is 0.200. The third kappa shape index (κ3) is 3.40. The van der Waals surface area contributed by atoms with Crippen molar-refractivity contribution in [2.75, 3.05) is 7.05 Å². The Balaban J connectivity index is 2.40. The molecule has 6 heteroatoms. The number of para-hydroxylation sites is 1. The van der Waals surface area contributed by atoms with Crippen LogP contribution in [0, 0.1) is 10.1 Å². The standard InChI is InChI=1S/C15H15BrN2O3/c1-10(17-2)11-6-3-4-8-13(11)21-14-9-5-7-12(15(14)16)18(19)20/h3-10,17H,1-2H3. The Bertz CT molecular complexity index is 661.